The van der Waals surface area contributed by atoms with Gasteiger partial charge in [-0.3, -0.25) is 0 Å². The van der Waals surface area contributed by atoms with E-state index in [1.807, 2.05) is 0 Å². The van der Waals surface area contributed by atoms with E-state index in [0.29, 0.717) is 0 Å². The average Bonchev–Trinajstić information content (AvgIpc) is 1.39. The normalized spacial score (nSPS) is 2.77. The topological polar surface area (TPSA) is 60.7 Å². The first-order chi connectivity index (χ1) is 2.83. The van der Waals surface area contributed by atoms with Gasteiger partial charge >= 0.3 is 43.4 Å². The van der Waals surface area contributed by atoms with E-state index in [2.05, 4.69) is 6.92 Å². The fourth-order valence-corrected chi connectivity index (χ4v) is 0. The SMILES string of the molecule is OCO.[CH2-]CO.[CH3-].[CH3-].[CH3-].[CH3-].[Ti+2].[Ti+3].[V]. The third-order valence-electron chi connectivity index (χ3n) is 0. The van der Waals surface area contributed by atoms with Gasteiger partial charge in [0.1, 0.15) is 6.79 Å². The molecule has 80 valence electrons. The van der Waals surface area contributed by atoms with Crippen molar-refractivity contribution in [2.75, 3.05) is 13.4 Å². The second-order valence-electron chi connectivity index (χ2n) is 0.365. The predicted octanol–water partition coefficient (Wildman–Crippen LogP) is 0.535. The van der Waals surface area contributed by atoms with E-state index in [1.54, 1.807) is 0 Å². The van der Waals surface area contributed by atoms with Crippen LogP contribution in [-0.2, 0) is 62.0 Å². The number of aliphatic hydroxyl groups excluding tert-OH is 2. The van der Waals surface area contributed by atoms with Crippen LogP contribution in [0.15, 0.2) is 0 Å². The molecule has 0 saturated heterocycles. The van der Waals surface area contributed by atoms with Crippen LogP contribution in [0, 0.1) is 36.6 Å². The molecule has 0 spiro atoms. The second-order valence-corrected chi connectivity index (χ2v) is 0.365. The number of aliphatic hydroxyl groups is 3. The van der Waals surface area contributed by atoms with E-state index in [4.69, 9.17) is 15.3 Å². The molecule has 0 aliphatic heterocycles. The van der Waals surface area contributed by atoms with Crippen LogP contribution >= 0.6 is 0 Å². The molecular weight excluding hydrogens is 279 g/mol. The van der Waals surface area contributed by atoms with E-state index < -0.39 is 6.79 Å². The molecule has 0 aliphatic rings. The molecule has 2 radical (unpaired) electrons. The van der Waals surface area contributed by atoms with Gasteiger partial charge in [0.05, 0.1) is 0 Å². The van der Waals surface area contributed by atoms with E-state index >= 15 is 0 Å². The molecule has 0 bridgehead atoms. The Morgan fingerprint density at radius 1 is 0.846 bits per heavy atom. The van der Waals surface area contributed by atoms with E-state index in [-0.39, 0.29) is 98.3 Å². The van der Waals surface area contributed by atoms with Crippen molar-refractivity contribution in [1.29, 1.82) is 0 Å². The molecule has 0 aromatic rings. The smallest absolute Gasteiger partial charge is 0.428 e. The summed E-state index contributed by atoms with van der Waals surface area (Å²) in [5.41, 5.74) is 0. The van der Waals surface area contributed by atoms with Gasteiger partial charge < -0.3 is 51.9 Å². The van der Waals surface area contributed by atoms with E-state index in [1.165, 1.54) is 0 Å². The minimum atomic E-state index is -0.750. The van der Waals surface area contributed by atoms with Gasteiger partial charge in [0.2, 0.25) is 0 Å². The molecule has 3 nitrogen and oxygen atoms in total. The quantitative estimate of drug-likeness (QED) is 0.347. The van der Waals surface area contributed by atoms with Crippen LogP contribution in [-0.4, -0.2) is 28.7 Å². The summed E-state index contributed by atoms with van der Waals surface area (Å²) in [4.78, 5) is 0. The zero-order valence-electron chi connectivity index (χ0n) is 8.91. The van der Waals surface area contributed by atoms with Crippen molar-refractivity contribution in [3.63, 3.8) is 0 Å². The molecule has 0 fully saturated rings. The second kappa shape index (κ2) is 152. The first kappa shape index (κ1) is 82.8. The van der Waals surface area contributed by atoms with E-state index in [9.17, 15) is 0 Å². The molecule has 0 aromatic heterocycles. The Bertz CT molecular complexity index is 23.7. The van der Waals surface area contributed by atoms with Gasteiger partial charge in [-0.25, -0.2) is 0 Å². The Balaban J connectivity index is -0.00000000229. The van der Waals surface area contributed by atoms with Crippen molar-refractivity contribution in [1.82, 2.24) is 0 Å². The Labute approximate surface area is 126 Å². The van der Waals surface area contributed by atoms with Gasteiger partial charge in [-0.1, -0.05) is 6.61 Å². The van der Waals surface area contributed by atoms with Crippen molar-refractivity contribution < 1.29 is 77.3 Å². The molecule has 0 saturated carbocycles. The summed E-state index contributed by atoms with van der Waals surface area (Å²) in [7, 11) is 0. The maximum Gasteiger partial charge on any atom is 3.00 e. The van der Waals surface area contributed by atoms with Crippen LogP contribution in [0.1, 0.15) is 0 Å². The summed E-state index contributed by atoms with van der Waals surface area (Å²) < 4.78 is 0. The molecular formula is C7H21O3Ti2V. The summed E-state index contributed by atoms with van der Waals surface area (Å²) in [6.45, 7) is 2.29. The van der Waals surface area contributed by atoms with Gasteiger partial charge in [-0.2, -0.15) is 0 Å². The summed E-state index contributed by atoms with van der Waals surface area (Å²) in [5, 5.41) is 21.7. The fourth-order valence-electron chi connectivity index (χ4n) is 0. The van der Waals surface area contributed by atoms with Gasteiger partial charge in [-0.15, -0.1) is 0 Å². The summed E-state index contributed by atoms with van der Waals surface area (Å²) in [6.07, 6.45) is 0. The molecule has 6 heteroatoms. The van der Waals surface area contributed by atoms with Crippen LogP contribution in [0.5, 0.6) is 0 Å². The Morgan fingerprint density at radius 2 is 0.846 bits per heavy atom. The van der Waals surface area contributed by atoms with E-state index in [0.717, 1.165) is 0 Å². The molecule has 13 heavy (non-hydrogen) atoms. The molecule has 0 heterocycles. The molecule has 0 atom stereocenters. The number of hydrogen-bond donors (Lipinski definition) is 3. The van der Waals surface area contributed by atoms with Crippen molar-refractivity contribution in [2.24, 2.45) is 0 Å². The average molecular weight is 300 g/mol. The minimum Gasteiger partial charge on any atom is -0.428 e. The zero-order valence-corrected chi connectivity index (χ0v) is 13.4. The third kappa shape index (κ3) is 548. The van der Waals surface area contributed by atoms with Crippen LogP contribution in [0.3, 0.4) is 0 Å². The minimum absolute atomic E-state index is 0. The van der Waals surface area contributed by atoms with Crippen molar-refractivity contribution in [2.45, 2.75) is 0 Å². The molecule has 0 aliphatic carbocycles. The van der Waals surface area contributed by atoms with Crippen LogP contribution in [0.2, 0.25) is 0 Å². The van der Waals surface area contributed by atoms with Crippen LogP contribution in [0.25, 0.3) is 0 Å². The summed E-state index contributed by atoms with van der Waals surface area (Å²) in [6, 6.07) is 0. The Hall–Kier alpha value is 1.89. The van der Waals surface area contributed by atoms with Gasteiger partial charge in [0.15, 0.2) is 0 Å². The molecule has 0 amide bonds. The molecule has 0 aromatic carbocycles. The van der Waals surface area contributed by atoms with Crippen LogP contribution < -0.4 is 0 Å². The van der Waals surface area contributed by atoms with Crippen molar-refractivity contribution in [3.05, 3.63) is 36.6 Å². The maximum atomic E-state index is 7.46. The first-order valence-corrected chi connectivity index (χ1v) is 1.45. The fraction of sp³-hybridized carbons (Fsp3) is 0.286. The van der Waals surface area contributed by atoms with Gasteiger partial charge in [-0.05, 0) is 0 Å². The predicted molar refractivity (Wildman–Crippen MR) is 47.4 cm³/mol. The summed E-state index contributed by atoms with van der Waals surface area (Å²) >= 11 is 0. The van der Waals surface area contributed by atoms with Crippen molar-refractivity contribution >= 4 is 0 Å². The summed E-state index contributed by atoms with van der Waals surface area (Å²) in [5.74, 6) is 0. The number of hydrogen-bond acceptors (Lipinski definition) is 3. The third-order valence-corrected chi connectivity index (χ3v) is 0. The van der Waals surface area contributed by atoms with Crippen molar-refractivity contribution in [3.8, 4) is 0 Å². The number of rotatable bonds is 0. The van der Waals surface area contributed by atoms with Gasteiger partial charge in [0, 0.05) is 18.6 Å². The maximum absolute atomic E-state index is 7.46. The van der Waals surface area contributed by atoms with Gasteiger partial charge in [0.25, 0.3) is 0 Å². The molecule has 0 unspecified atom stereocenters. The standard InChI is InChI=1S/C2H5O.CH4O2.4CH3.2Ti.V/c1-2-3;2-1-3;;;;;;;/h3H,1-2H2;2-3H,1H2;4*1H3;;;/q-1;;4*-1;+2;+3;. The Kier molecular flexibility index (Phi) is 970. The molecule has 3 N–H and O–H groups in total. The largest absolute Gasteiger partial charge is 3.00 e. The van der Waals surface area contributed by atoms with Crippen LogP contribution in [0.4, 0.5) is 0 Å². The monoisotopic (exact) mass is 300 g/mol. The molecule has 0 rings (SSSR count). The Morgan fingerprint density at radius 3 is 0.846 bits per heavy atom. The zero-order chi connectivity index (χ0) is 5.41. The first-order valence-electron chi connectivity index (χ1n) is 1.45.